The molecule has 154 valence electrons. The van der Waals surface area contributed by atoms with E-state index in [-0.39, 0.29) is 17.9 Å². The van der Waals surface area contributed by atoms with E-state index in [1.54, 1.807) is 12.1 Å². The van der Waals surface area contributed by atoms with Crippen LogP contribution >= 0.6 is 0 Å². The van der Waals surface area contributed by atoms with Crippen LogP contribution in [0.2, 0.25) is 0 Å². The lowest BCUT2D eigenvalue weighted by Crippen LogP contribution is -2.39. The highest BCUT2D eigenvalue weighted by Gasteiger charge is 2.23. The van der Waals surface area contributed by atoms with Gasteiger partial charge >= 0.3 is 6.03 Å². The fourth-order valence-corrected chi connectivity index (χ4v) is 3.43. The van der Waals surface area contributed by atoms with Gasteiger partial charge in [0, 0.05) is 31.7 Å². The molecule has 1 aliphatic heterocycles. The Morgan fingerprint density at radius 2 is 1.90 bits per heavy atom. The Kier molecular flexibility index (Phi) is 6.20. The van der Waals surface area contributed by atoms with Gasteiger partial charge in [0.1, 0.15) is 11.6 Å². The Bertz CT molecular complexity index is 965. The Hall–Kier alpha value is -3.45. The quantitative estimate of drug-likeness (QED) is 0.636. The number of benzene rings is 2. The van der Waals surface area contributed by atoms with Crippen molar-refractivity contribution < 1.29 is 13.9 Å². The lowest BCUT2D eigenvalue weighted by atomic mass is 10.2. The number of likely N-dealkylation sites (tertiary alicyclic amines) is 1. The van der Waals surface area contributed by atoms with Crippen molar-refractivity contribution in [2.24, 2.45) is 0 Å². The van der Waals surface area contributed by atoms with Crippen molar-refractivity contribution in [1.29, 1.82) is 0 Å². The average Bonchev–Trinajstić information content (AvgIpc) is 3.18. The highest BCUT2D eigenvalue weighted by Crippen LogP contribution is 2.21. The summed E-state index contributed by atoms with van der Waals surface area (Å²) in [7, 11) is 0. The Labute approximate surface area is 174 Å². The number of pyridine rings is 1. The summed E-state index contributed by atoms with van der Waals surface area (Å²) >= 11 is 0. The number of nitrogens with zero attached hydrogens (tertiary/aromatic N) is 2. The van der Waals surface area contributed by atoms with Gasteiger partial charge in [0.25, 0.3) is 0 Å². The van der Waals surface area contributed by atoms with E-state index >= 15 is 0 Å². The normalized spacial score (nSPS) is 16.2. The lowest BCUT2D eigenvalue weighted by molar-refractivity contribution is 0.247. The predicted molar refractivity (Wildman–Crippen MR) is 113 cm³/mol. The molecule has 0 spiro atoms. The number of rotatable bonds is 6. The molecule has 3 aromatic rings. The molecule has 0 radical (unpaired) electrons. The van der Waals surface area contributed by atoms with Crippen LogP contribution in [0.4, 0.5) is 14.9 Å². The van der Waals surface area contributed by atoms with Crippen LogP contribution in [0.1, 0.15) is 12.0 Å². The molecule has 2 aromatic carbocycles. The smallest absolute Gasteiger partial charge is 0.319 e. The van der Waals surface area contributed by atoms with Gasteiger partial charge < -0.3 is 15.4 Å². The minimum absolute atomic E-state index is 0.114. The first kappa shape index (κ1) is 19.8. The van der Waals surface area contributed by atoms with E-state index in [2.05, 4.69) is 32.7 Å². The van der Waals surface area contributed by atoms with Crippen LogP contribution in [0, 0.1) is 5.82 Å². The summed E-state index contributed by atoms with van der Waals surface area (Å²) in [5, 5.41) is 5.81. The monoisotopic (exact) mass is 406 g/mol. The molecule has 1 aliphatic rings. The minimum Gasteiger partial charge on any atom is -0.439 e. The molecule has 7 heteroatoms. The third kappa shape index (κ3) is 5.55. The van der Waals surface area contributed by atoms with E-state index in [9.17, 15) is 9.18 Å². The largest absolute Gasteiger partial charge is 0.439 e. The zero-order valence-corrected chi connectivity index (χ0v) is 16.4. The van der Waals surface area contributed by atoms with E-state index in [1.807, 2.05) is 18.2 Å². The van der Waals surface area contributed by atoms with Crippen molar-refractivity contribution in [2.45, 2.75) is 19.0 Å². The third-order valence-corrected chi connectivity index (χ3v) is 4.89. The van der Waals surface area contributed by atoms with Crippen LogP contribution in [-0.2, 0) is 6.54 Å². The second kappa shape index (κ2) is 9.37. The maximum absolute atomic E-state index is 12.9. The zero-order chi connectivity index (χ0) is 20.8. The van der Waals surface area contributed by atoms with Crippen LogP contribution in [0.5, 0.6) is 11.6 Å². The molecule has 1 atom stereocenters. The van der Waals surface area contributed by atoms with Crippen molar-refractivity contribution in [3.8, 4) is 11.6 Å². The Morgan fingerprint density at radius 3 is 2.63 bits per heavy atom. The maximum Gasteiger partial charge on any atom is 0.319 e. The van der Waals surface area contributed by atoms with Crippen LogP contribution < -0.4 is 15.4 Å². The number of carbonyl (C=O) groups excluding carboxylic acids is 1. The van der Waals surface area contributed by atoms with Gasteiger partial charge in [-0.3, -0.25) is 4.90 Å². The first-order valence-electron chi connectivity index (χ1n) is 9.87. The number of hydrogen-bond acceptors (Lipinski definition) is 4. The number of halogens is 1. The Morgan fingerprint density at radius 1 is 1.10 bits per heavy atom. The van der Waals surface area contributed by atoms with Gasteiger partial charge in [-0.15, -0.1) is 0 Å². The van der Waals surface area contributed by atoms with E-state index < -0.39 is 0 Å². The lowest BCUT2D eigenvalue weighted by Gasteiger charge is -2.17. The van der Waals surface area contributed by atoms with Gasteiger partial charge in [-0.25, -0.2) is 14.2 Å². The highest BCUT2D eigenvalue weighted by molar-refractivity contribution is 5.89. The molecule has 2 amide bonds. The molecule has 2 N–H and O–H groups in total. The van der Waals surface area contributed by atoms with Gasteiger partial charge in [-0.1, -0.05) is 30.3 Å². The van der Waals surface area contributed by atoms with Crippen molar-refractivity contribution in [2.75, 3.05) is 18.4 Å². The van der Waals surface area contributed by atoms with Gasteiger partial charge in [0.05, 0.1) is 11.9 Å². The predicted octanol–water partition coefficient (Wildman–Crippen LogP) is 4.41. The van der Waals surface area contributed by atoms with Gasteiger partial charge in [0.15, 0.2) is 0 Å². The second-order valence-electron chi connectivity index (χ2n) is 7.25. The van der Waals surface area contributed by atoms with Crippen molar-refractivity contribution in [1.82, 2.24) is 15.2 Å². The first-order chi connectivity index (χ1) is 14.6. The topological polar surface area (TPSA) is 66.5 Å². The standard InChI is InChI=1S/C23H23FN4O2/c24-18-6-9-21(10-7-18)30-22-11-8-19(14-25-22)26-23(29)27-20-12-13-28(16-20)15-17-4-2-1-3-5-17/h1-11,14,20H,12-13,15-16H2,(H2,26,27,29)/t20-/m1/s1. The number of amides is 2. The fraction of sp³-hybridized carbons (Fsp3) is 0.217. The number of urea groups is 1. The molecule has 0 unspecified atom stereocenters. The summed E-state index contributed by atoms with van der Waals surface area (Å²) < 4.78 is 18.5. The zero-order valence-electron chi connectivity index (χ0n) is 16.4. The maximum atomic E-state index is 12.9. The summed E-state index contributed by atoms with van der Waals surface area (Å²) in [5.41, 5.74) is 1.84. The average molecular weight is 406 g/mol. The molecule has 1 fully saturated rings. The van der Waals surface area contributed by atoms with E-state index in [0.29, 0.717) is 17.3 Å². The van der Waals surface area contributed by atoms with Crippen LogP contribution in [-0.4, -0.2) is 35.0 Å². The number of ether oxygens (including phenoxy) is 1. The summed E-state index contributed by atoms with van der Waals surface area (Å²) in [6.07, 6.45) is 2.44. The van der Waals surface area contributed by atoms with E-state index in [4.69, 9.17) is 4.74 Å². The van der Waals surface area contributed by atoms with Crippen LogP contribution in [0.3, 0.4) is 0 Å². The van der Waals surface area contributed by atoms with E-state index in [1.165, 1.54) is 36.0 Å². The molecule has 30 heavy (non-hydrogen) atoms. The number of nitrogens with one attached hydrogen (secondary N) is 2. The Balaban J connectivity index is 1.23. The number of hydrogen-bond donors (Lipinski definition) is 2. The minimum atomic E-state index is -0.327. The van der Waals surface area contributed by atoms with Gasteiger partial charge in [0.2, 0.25) is 5.88 Å². The van der Waals surface area contributed by atoms with Crippen LogP contribution in [0.25, 0.3) is 0 Å². The molecule has 0 bridgehead atoms. The molecule has 4 rings (SSSR count). The van der Waals surface area contributed by atoms with Gasteiger partial charge in [-0.2, -0.15) is 0 Å². The molecule has 1 saturated heterocycles. The fourth-order valence-electron chi connectivity index (χ4n) is 3.43. The molecular weight excluding hydrogens is 383 g/mol. The first-order valence-corrected chi connectivity index (χ1v) is 9.87. The molecule has 0 saturated carbocycles. The van der Waals surface area contributed by atoms with E-state index in [0.717, 1.165) is 26.1 Å². The van der Waals surface area contributed by atoms with Gasteiger partial charge in [-0.05, 0) is 42.3 Å². The highest BCUT2D eigenvalue weighted by atomic mass is 19.1. The molecule has 6 nitrogen and oxygen atoms in total. The summed E-state index contributed by atoms with van der Waals surface area (Å²) in [6.45, 7) is 2.67. The summed E-state index contributed by atoms with van der Waals surface area (Å²) in [4.78, 5) is 18.8. The second-order valence-corrected chi connectivity index (χ2v) is 7.25. The molecule has 2 heterocycles. The number of carbonyl (C=O) groups is 1. The SMILES string of the molecule is O=C(Nc1ccc(Oc2ccc(F)cc2)nc1)N[C@@H]1CCN(Cc2ccccc2)C1. The summed E-state index contributed by atoms with van der Waals surface area (Å²) in [6, 6.07) is 19.2. The number of anilines is 1. The van der Waals surface area contributed by atoms with Crippen molar-refractivity contribution in [3.63, 3.8) is 0 Å². The molecular formula is C23H23FN4O2. The molecule has 0 aliphatic carbocycles. The van der Waals surface area contributed by atoms with Crippen molar-refractivity contribution in [3.05, 3.63) is 84.3 Å². The molecule has 1 aromatic heterocycles. The van der Waals surface area contributed by atoms with Crippen LogP contribution in [0.15, 0.2) is 72.9 Å². The van der Waals surface area contributed by atoms with Crippen molar-refractivity contribution >= 4 is 11.7 Å². The third-order valence-electron chi connectivity index (χ3n) is 4.89. The number of aromatic nitrogens is 1. The summed E-state index contributed by atoms with van der Waals surface area (Å²) in [5.74, 6) is 0.523.